The van der Waals surface area contributed by atoms with Crippen LogP contribution in [0, 0.1) is 0 Å². The number of methoxy groups -OCH3 is 1. The summed E-state index contributed by atoms with van der Waals surface area (Å²) in [5, 5.41) is 9.92. The van der Waals surface area contributed by atoms with Gasteiger partial charge in [0.05, 0.1) is 18.2 Å². The Bertz CT molecular complexity index is 1010. The van der Waals surface area contributed by atoms with Crippen molar-refractivity contribution in [2.75, 3.05) is 7.11 Å². The Labute approximate surface area is 149 Å². The van der Waals surface area contributed by atoms with Gasteiger partial charge in [0.1, 0.15) is 5.75 Å². The van der Waals surface area contributed by atoms with Crippen LogP contribution in [0.4, 0.5) is 0 Å². The average Bonchev–Trinajstić information content (AvgIpc) is 3.15. The summed E-state index contributed by atoms with van der Waals surface area (Å²) in [6.45, 7) is 0. The van der Waals surface area contributed by atoms with Gasteiger partial charge in [-0.1, -0.05) is 48.2 Å². The van der Waals surface area contributed by atoms with Crippen LogP contribution in [-0.2, 0) is 5.75 Å². The molecule has 5 nitrogen and oxygen atoms in total. The standard InChI is InChI=1S/C19H15N3O2S/c1-23-16-10-3-2-9-15(16)18-21-22-19(24-18)25-12-14-7-4-6-13-8-5-11-20-17(13)14/h2-11H,12H2,1H3. The van der Waals surface area contributed by atoms with E-state index in [0.29, 0.717) is 22.6 Å². The molecule has 0 amide bonds. The Morgan fingerprint density at radius 3 is 2.80 bits per heavy atom. The summed E-state index contributed by atoms with van der Waals surface area (Å²) in [6, 6.07) is 17.7. The minimum Gasteiger partial charge on any atom is -0.496 e. The SMILES string of the molecule is COc1ccccc1-c1nnc(SCc2cccc3cccnc23)o1. The Morgan fingerprint density at radius 1 is 1.00 bits per heavy atom. The fourth-order valence-corrected chi connectivity index (χ4v) is 3.37. The highest BCUT2D eigenvalue weighted by Crippen LogP contribution is 2.31. The number of para-hydroxylation sites is 2. The van der Waals surface area contributed by atoms with Crippen molar-refractivity contribution < 1.29 is 9.15 Å². The molecule has 0 aliphatic carbocycles. The van der Waals surface area contributed by atoms with Crippen LogP contribution >= 0.6 is 11.8 Å². The predicted molar refractivity (Wildman–Crippen MR) is 97.6 cm³/mol. The first-order valence-corrected chi connectivity index (χ1v) is 8.76. The van der Waals surface area contributed by atoms with Gasteiger partial charge in [0.25, 0.3) is 11.1 Å². The first-order valence-electron chi connectivity index (χ1n) is 7.77. The first kappa shape index (κ1) is 15.7. The number of ether oxygens (including phenoxy) is 1. The molecule has 0 radical (unpaired) electrons. The molecule has 4 aromatic rings. The molecule has 0 aliphatic heterocycles. The lowest BCUT2D eigenvalue weighted by Crippen LogP contribution is -1.87. The van der Waals surface area contributed by atoms with E-state index in [4.69, 9.17) is 9.15 Å². The smallest absolute Gasteiger partial charge is 0.277 e. The van der Waals surface area contributed by atoms with E-state index >= 15 is 0 Å². The van der Waals surface area contributed by atoms with Gasteiger partial charge in [-0.2, -0.15) is 0 Å². The molecule has 2 aromatic heterocycles. The number of fused-ring (bicyclic) bond motifs is 1. The van der Waals surface area contributed by atoms with Crippen molar-refractivity contribution in [3.05, 3.63) is 66.4 Å². The maximum atomic E-state index is 5.79. The molecule has 0 saturated carbocycles. The number of rotatable bonds is 5. The second kappa shape index (κ2) is 6.94. The molecule has 124 valence electrons. The van der Waals surface area contributed by atoms with Crippen LogP contribution in [0.3, 0.4) is 0 Å². The van der Waals surface area contributed by atoms with Crippen molar-refractivity contribution in [1.82, 2.24) is 15.2 Å². The fourth-order valence-electron chi connectivity index (χ4n) is 2.62. The van der Waals surface area contributed by atoms with Gasteiger partial charge in [-0.05, 0) is 23.8 Å². The van der Waals surface area contributed by atoms with Gasteiger partial charge in [0.15, 0.2) is 0 Å². The van der Waals surface area contributed by atoms with Crippen molar-refractivity contribution in [3.8, 4) is 17.2 Å². The lowest BCUT2D eigenvalue weighted by molar-refractivity contribution is 0.411. The summed E-state index contributed by atoms with van der Waals surface area (Å²) in [7, 11) is 1.62. The van der Waals surface area contributed by atoms with Crippen LogP contribution in [0.2, 0.25) is 0 Å². The number of aromatic nitrogens is 3. The van der Waals surface area contributed by atoms with Crippen molar-refractivity contribution in [3.63, 3.8) is 0 Å². The number of pyridine rings is 1. The minimum atomic E-state index is 0.455. The molecule has 0 atom stereocenters. The Balaban J connectivity index is 1.55. The van der Waals surface area contributed by atoms with Crippen molar-refractivity contribution >= 4 is 22.7 Å². The molecular weight excluding hydrogens is 334 g/mol. The monoisotopic (exact) mass is 349 g/mol. The maximum absolute atomic E-state index is 5.79. The van der Waals surface area contributed by atoms with E-state index in [9.17, 15) is 0 Å². The average molecular weight is 349 g/mol. The number of hydrogen-bond acceptors (Lipinski definition) is 6. The molecule has 0 N–H and O–H groups in total. The van der Waals surface area contributed by atoms with Gasteiger partial charge in [-0.3, -0.25) is 4.98 Å². The van der Waals surface area contributed by atoms with E-state index in [1.165, 1.54) is 11.8 Å². The zero-order valence-electron chi connectivity index (χ0n) is 13.5. The van der Waals surface area contributed by atoms with Crippen LogP contribution in [0.1, 0.15) is 5.56 Å². The molecule has 0 spiro atoms. The molecule has 0 unspecified atom stereocenters. The van der Waals surface area contributed by atoms with Gasteiger partial charge in [0.2, 0.25) is 0 Å². The summed E-state index contributed by atoms with van der Waals surface area (Å²) < 4.78 is 11.1. The van der Waals surface area contributed by atoms with Gasteiger partial charge in [-0.25, -0.2) is 0 Å². The van der Waals surface area contributed by atoms with E-state index < -0.39 is 0 Å². The molecule has 6 heteroatoms. The van der Waals surface area contributed by atoms with E-state index in [0.717, 1.165) is 22.0 Å². The molecule has 2 aromatic carbocycles. The highest BCUT2D eigenvalue weighted by molar-refractivity contribution is 7.98. The Morgan fingerprint density at radius 2 is 1.88 bits per heavy atom. The van der Waals surface area contributed by atoms with Gasteiger partial charge in [-0.15, -0.1) is 10.2 Å². The van der Waals surface area contributed by atoms with E-state index in [-0.39, 0.29) is 0 Å². The number of benzene rings is 2. The lowest BCUT2D eigenvalue weighted by Gasteiger charge is -2.04. The third-order valence-corrected chi connectivity index (χ3v) is 4.68. The quantitative estimate of drug-likeness (QED) is 0.491. The van der Waals surface area contributed by atoms with Crippen LogP contribution in [0.5, 0.6) is 5.75 Å². The molecule has 25 heavy (non-hydrogen) atoms. The van der Waals surface area contributed by atoms with E-state index in [2.05, 4.69) is 33.4 Å². The predicted octanol–water partition coefficient (Wildman–Crippen LogP) is 4.59. The summed E-state index contributed by atoms with van der Waals surface area (Å²) in [6.07, 6.45) is 1.81. The molecule has 0 aliphatic rings. The first-order chi connectivity index (χ1) is 12.3. The van der Waals surface area contributed by atoms with Crippen LogP contribution in [0.25, 0.3) is 22.4 Å². The van der Waals surface area contributed by atoms with Crippen LogP contribution in [0.15, 0.2) is 70.4 Å². The van der Waals surface area contributed by atoms with Gasteiger partial charge >= 0.3 is 0 Å². The molecule has 2 heterocycles. The summed E-state index contributed by atoms with van der Waals surface area (Å²) >= 11 is 1.50. The lowest BCUT2D eigenvalue weighted by atomic mass is 10.1. The van der Waals surface area contributed by atoms with Crippen molar-refractivity contribution in [1.29, 1.82) is 0 Å². The molecule has 0 fully saturated rings. The molecule has 0 bridgehead atoms. The number of nitrogens with zero attached hydrogens (tertiary/aromatic N) is 3. The van der Waals surface area contributed by atoms with E-state index in [1.807, 2.05) is 42.6 Å². The second-order valence-corrected chi connectivity index (χ2v) is 6.28. The number of hydrogen-bond donors (Lipinski definition) is 0. The fraction of sp³-hybridized carbons (Fsp3) is 0.105. The minimum absolute atomic E-state index is 0.455. The second-order valence-electron chi connectivity index (χ2n) is 5.35. The van der Waals surface area contributed by atoms with E-state index in [1.54, 1.807) is 7.11 Å². The van der Waals surface area contributed by atoms with Crippen LogP contribution < -0.4 is 4.74 Å². The third-order valence-electron chi connectivity index (χ3n) is 3.81. The molecule has 4 rings (SSSR count). The zero-order valence-corrected chi connectivity index (χ0v) is 14.4. The summed E-state index contributed by atoms with van der Waals surface area (Å²) in [5.74, 6) is 1.87. The normalized spacial score (nSPS) is 10.9. The highest BCUT2D eigenvalue weighted by Gasteiger charge is 2.13. The molecule has 0 saturated heterocycles. The Kier molecular flexibility index (Phi) is 4.35. The maximum Gasteiger partial charge on any atom is 0.277 e. The molecular formula is C19H15N3O2S. The zero-order chi connectivity index (χ0) is 17.1. The third kappa shape index (κ3) is 3.21. The topological polar surface area (TPSA) is 61.0 Å². The van der Waals surface area contributed by atoms with Crippen molar-refractivity contribution in [2.45, 2.75) is 11.0 Å². The van der Waals surface area contributed by atoms with Gasteiger partial charge < -0.3 is 9.15 Å². The number of thioether (sulfide) groups is 1. The highest BCUT2D eigenvalue weighted by atomic mass is 32.2. The summed E-state index contributed by atoms with van der Waals surface area (Å²) in [5.41, 5.74) is 2.93. The largest absolute Gasteiger partial charge is 0.496 e. The Hall–Kier alpha value is -2.86. The van der Waals surface area contributed by atoms with Crippen LogP contribution in [-0.4, -0.2) is 22.3 Å². The van der Waals surface area contributed by atoms with Gasteiger partial charge in [0, 0.05) is 17.3 Å². The summed E-state index contributed by atoms with van der Waals surface area (Å²) in [4.78, 5) is 4.47. The van der Waals surface area contributed by atoms with Crippen molar-refractivity contribution in [2.24, 2.45) is 0 Å².